The largest absolute Gasteiger partial charge is 0.380 e. The van der Waals surface area contributed by atoms with Gasteiger partial charge in [0, 0.05) is 31.9 Å². The van der Waals surface area contributed by atoms with Gasteiger partial charge in [-0.3, -0.25) is 4.68 Å². The normalized spacial score (nSPS) is 10.8. The van der Waals surface area contributed by atoms with E-state index in [1.165, 1.54) is 12.1 Å². The molecule has 4 nitrogen and oxygen atoms in total. The van der Waals surface area contributed by atoms with Crippen LogP contribution in [0.3, 0.4) is 0 Å². The molecule has 1 heterocycles. The van der Waals surface area contributed by atoms with Crippen molar-refractivity contribution < 1.29 is 4.74 Å². The molecule has 1 N–H and O–H groups in total. The van der Waals surface area contributed by atoms with Gasteiger partial charge in [-0.15, -0.1) is 0 Å². The number of hydrogen-bond donors (Lipinski definition) is 1. The summed E-state index contributed by atoms with van der Waals surface area (Å²) in [5.74, 6) is 0. The summed E-state index contributed by atoms with van der Waals surface area (Å²) in [7, 11) is 1.96. The van der Waals surface area contributed by atoms with E-state index >= 15 is 0 Å². The van der Waals surface area contributed by atoms with Gasteiger partial charge < -0.3 is 10.1 Å². The molecule has 15 heavy (non-hydrogen) atoms. The lowest BCUT2D eigenvalue weighted by Crippen LogP contribution is -2.20. The van der Waals surface area contributed by atoms with E-state index in [-0.39, 0.29) is 0 Å². The van der Waals surface area contributed by atoms with Crippen LogP contribution in [0.5, 0.6) is 0 Å². The second kappa shape index (κ2) is 7.43. The molecule has 0 fully saturated rings. The van der Waals surface area contributed by atoms with Crippen LogP contribution in [0.1, 0.15) is 19.0 Å². The summed E-state index contributed by atoms with van der Waals surface area (Å²) in [6.45, 7) is 5.74. The SMILES string of the molecule is CCCNCCOCCc1ccnn1C. The van der Waals surface area contributed by atoms with Crippen molar-refractivity contribution in [1.29, 1.82) is 0 Å². The van der Waals surface area contributed by atoms with E-state index in [4.69, 9.17) is 4.74 Å². The molecule has 0 saturated heterocycles. The van der Waals surface area contributed by atoms with Crippen LogP contribution in [0, 0.1) is 0 Å². The van der Waals surface area contributed by atoms with E-state index in [9.17, 15) is 0 Å². The Labute approximate surface area is 91.6 Å². The summed E-state index contributed by atoms with van der Waals surface area (Å²) < 4.78 is 7.39. The van der Waals surface area contributed by atoms with Crippen LogP contribution >= 0.6 is 0 Å². The van der Waals surface area contributed by atoms with Gasteiger partial charge in [-0.1, -0.05) is 6.92 Å². The highest BCUT2D eigenvalue weighted by molar-refractivity contribution is 4.99. The molecule has 86 valence electrons. The fourth-order valence-electron chi connectivity index (χ4n) is 1.37. The highest BCUT2D eigenvalue weighted by atomic mass is 16.5. The van der Waals surface area contributed by atoms with Crippen LogP contribution in [-0.2, 0) is 18.2 Å². The Kier molecular flexibility index (Phi) is 6.04. The van der Waals surface area contributed by atoms with E-state index in [0.717, 1.165) is 32.7 Å². The maximum absolute atomic E-state index is 5.50. The molecule has 1 aromatic rings. The third kappa shape index (κ3) is 4.95. The molecule has 0 unspecified atom stereocenters. The molecule has 1 rings (SSSR count). The Bertz CT molecular complexity index is 260. The number of ether oxygens (including phenoxy) is 1. The van der Waals surface area contributed by atoms with Crippen LogP contribution < -0.4 is 5.32 Å². The van der Waals surface area contributed by atoms with Gasteiger partial charge in [-0.2, -0.15) is 5.10 Å². The predicted molar refractivity (Wildman–Crippen MR) is 60.9 cm³/mol. The minimum absolute atomic E-state index is 0.771. The number of hydrogen-bond acceptors (Lipinski definition) is 3. The van der Waals surface area contributed by atoms with Gasteiger partial charge in [0.2, 0.25) is 0 Å². The quantitative estimate of drug-likeness (QED) is 0.651. The maximum Gasteiger partial charge on any atom is 0.0591 e. The molecular weight excluding hydrogens is 190 g/mol. The summed E-state index contributed by atoms with van der Waals surface area (Å²) in [5.41, 5.74) is 1.22. The van der Waals surface area contributed by atoms with Crippen LogP contribution in [-0.4, -0.2) is 36.1 Å². The Balaban J connectivity index is 1.96. The first-order valence-electron chi connectivity index (χ1n) is 5.60. The number of nitrogens with zero attached hydrogens (tertiary/aromatic N) is 2. The number of aromatic nitrogens is 2. The van der Waals surface area contributed by atoms with Gasteiger partial charge in [0.15, 0.2) is 0 Å². The fourth-order valence-corrected chi connectivity index (χ4v) is 1.37. The fraction of sp³-hybridized carbons (Fsp3) is 0.727. The molecule has 0 saturated carbocycles. The van der Waals surface area contributed by atoms with E-state index in [1.807, 2.05) is 24.0 Å². The molecule has 0 amide bonds. The van der Waals surface area contributed by atoms with Crippen LogP contribution in [0.15, 0.2) is 12.3 Å². The lowest BCUT2D eigenvalue weighted by atomic mass is 10.3. The summed E-state index contributed by atoms with van der Waals surface area (Å²) in [6, 6.07) is 2.03. The number of rotatable bonds is 8. The molecule has 0 bridgehead atoms. The molecular formula is C11H21N3O. The molecule has 4 heteroatoms. The zero-order valence-electron chi connectivity index (χ0n) is 9.70. The van der Waals surface area contributed by atoms with Gasteiger partial charge in [-0.25, -0.2) is 0 Å². The molecule has 0 spiro atoms. The first-order chi connectivity index (χ1) is 7.34. The van der Waals surface area contributed by atoms with E-state index < -0.39 is 0 Å². The van der Waals surface area contributed by atoms with Crippen molar-refractivity contribution in [3.05, 3.63) is 18.0 Å². The Morgan fingerprint density at radius 2 is 2.27 bits per heavy atom. The smallest absolute Gasteiger partial charge is 0.0591 e. The highest BCUT2D eigenvalue weighted by Crippen LogP contribution is 1.97. The Hall–Kier alpha value is -0.870. The summed E-state index contributed by atoms with van der Waals surface area (Å²) in [4.78, 5) is 0. The average Bonchev–Trinajstić information content (AvgIpc) is 2.63. The second-order valence-corrected chi connectivity index (χ2v) is 3.56. The monoisotopic (exact) mass is 211 g/mol. The average molecular weight is 211 g/mol. The number of nitrogens with one attached hydrogen (secondary N) is 1. The van der Waals surface area contributed by atoms with Crippen molar-refractivity contribution in [2.45, 2.75) is 19.8 Å². The van der Waals surface area contributed by atoms with E-state index in [0.29, 0.717) is 0 Å². The molecule has 0 radical (unpaired) electrons. The lowest BCUT2D eigenvalue weighted by molar-refractivity contribution is 0.138. The summed E-state index contributed by atoms with van der Waals surface area (Å²) >= 11 is 0. The number of aryl methyl sites for hydroxylation is 1. The highest BCUT2D eigenvalue weighted by Gasteiger charge is 1.97. The maximum atomic E-state index is 5.50. The first-order valence-corrected chi connectivity index (χ1v) is 5.60. The van der Waals surface area contributed by atoms with Crippen LogP contribution in [0.2, 0.25) is 0 Å². The van der Waals surface area contributed by atoms with Crippen molar-refractivity contribution in [3.8, 4) is 0 Å². The van der Waals surface area contributed by atoms with Gasteiger partial charge in [-0.05, 0) is 19.0 Å². The van der Waals surface area contributed by atoms with Crippen LogP contribution in [0.4, 0.5) is 0 Å². The minimum Gasteiger partial charge on any atom is -0.380 e. The van der Waals surface area contributed by atoms with E-state index in [1.54, 1.807) is 0 Å². The van der Waals surface area contributed by atoms with Gasteiger partial charge >= 0.3 is 0 Å². The second-order valence-electron chi connectivity index (χ2n) is 3.56. The summed E-state index contributed by atoms with van der Waals surface area (Å²) in [5, 5.41) is 7.40. The minimum atomic E-state index is 0.771. The first kappa shape index (κ1) is 12.2. The van der Waals surface area contributed by atoms with Crippen molar-refractivity contribution >= 4 is 0 Å². The van der Waals surface area contributed by atoms with Crippen molar-refractivity contribution in [2.75, 3.05) is 26.3 Å². The molecule has 0 aliphatic carbocycles. The third-order valence-electron chi connectivity index (χ3n) is 2.27. The van der Waals surface area contributed by atoms with Crippen LogP contribution in [0.25, 0.3) is 0 Å². The summed E-state index contributed by atoms with van der Waals surface area (Å²) in [6.07, 6.45) is 3.93. The zero-order chi connectivity index (χ0) is 10.9. The Morgan fingerprint density at radius 1 is 1.40 bits per heavy atom. The molecule has 0 aliphatic heterocycles. The van der Waals surface area contributed by atoms with Gasteiger partial charge in [0.05, 0.1) is 13.2 Å². The molecule has 1 aromatic heterocycles. The predicted octanol–water partition coefficient (Wildman–Crippen LogP) is 0.979. The molecule has 0 aliphatic rings. The standard InChI is InChI=1S/C11H21N3O/c1-3-6-12-8-10-15-9-5-11-4-7-13-14(11)2/h4,7,12H,3,5-6,8-10H2,1-2H3. The molecule has 0 atom stereocenters. The van der Waals surface area contributed by atoms with Crippen molar-refractivity contribution in [3.63, 3.8) is 0 Å². The van der Waals surface area contributed by atoms with Crippen molar-refractivity contribution in [2.24, 2.45) is 7.05 Å². The third-order valence-corrected chi connectivity index (χ3v) is 2.27. The molecule has 0 aromatic carbocycles. The topological polar surface area (TPSA) is 39.1 Å². The van der Waals surface area contributed by atoms with E-state index in [2.05, 4.69) is 17.3 Å². The van der Waals surface area contributed by atoms with Gasteiger partial charge in [0.25, 0.3) is 0 Å². The van der Waals surface area contributed by atoms with Crippen molar-refractivity contribution in [1.82, 2.24) is 15.1 Å². The zero-order valence-corrected chi connectivity index (χ0v) is 9.70. The Morgan fingerprint density at radius 3 is 2.93 bits per heavy atom. The lowest BCUT2D eigenvalue weighted by Gasteiger charge is -2.05. The van der Waals surface area contributed by atoms with Gasteiger partial charge in [0.1, 0.15) is 0 Å².